The van der Waals surface area contributed by atoms with Crippen LogP contribution in [0.4, 0.5) is 17.1 Å². The van der Waals surface area contributed by atoms with Crippen LogP contribution in [0, 0.1) is 6.92 Å². The van der Waals surface area contributed by atoms with Crippen LogP contribution in [0.5, 0.6) is 0 Å². The number of anilines is 3. The highest BCUT2D eigenvalue weighted by molar-refractivity contribution is 7.86. The van der Waals surface area contributed by atoms with Gasteiger partial charge in [0.1, 0.15) is 15.6 Å². The van der Waals surface area contributed by atoms with Gasteiger partial charge in [0.25, 0.3) is 27.8 Å². The third-order valence-electron chi connectivity index (χ3n) is 6.28. The summed E-state index contributed by atoms with van der Waals surface area (Å²) in [6.07, 6.45) is 0. The highest BCUT2D eigenvalue weighted by Crippen LogP contribution is 2.32. The van der Waals surface area contributed by atoms with Crippen molar-refractivity contribution in [3.8, 4) is 0 Å². The van der Waals surface area contributed by atoms with E-state index in [4.69, 9.17) is 23.2 Å². The first-order chi connectivity index (χ1) is 19.0. The Morgan fingerprint density at radius 3 is 2.23 bits per heavy atom. The average molecular weight is 596 g/mol. The molecule has 5 rings (SSSR count). The molecular formula is C28H19Cl2N3O6S. The molecule has 12 heteroatoms. The van der Waals surface area contributed by atoms with E-state index >= 15 is 0 Å². The minimum atomic E-state index is -4.48. The maximum atomic E-state index is 13.2. The van der Waals surface area contributed by atoms with Crippen LogP contribution < -0.4 is 15.5 Å². The molecule has 0 radical (unpaired) electrons. The lowest BCUT2D eigenvalue weighted by Gasteiger charge is -2.16. The molecular weight excluding hydrogens is 577 g/mol. The smallest absolute Gasteiger partial charge is 0.295 e. The second-order valence-electron chi connectivity index (χ2n) is 8.85. The number of nitrogens with one attached hydrogen (secondary N) is 2. The van der Waals surface area contributed by atoms with Crippen LogP contribution in [0.3, 0.4) is 0 Å². The van der Waals surface area contributed by atoms with Gasteiger partial charge in [-0.15, -0.1) is 0 Å². The first-order valence-electron chi connectivity index (χ1n) is 11.7. The van der Waals surface area contributed by atoms with Crippen molar-refractivity contribution in [1.82, 2.24) is 0 Å². The first kappa shape index (κ1) is 27.4. The van der Waals surface area contributed by atoms with Crippen LogP contribution >= 0.6 is 23.2 Å². The van der Waals surface area contributed by atoms with E-state index in [0.717, 1.165) is 4.90 Å². The summed E-state index contributed by atoms with van der Waals surface area (Å²) in [6, 6.07) is 19.9. The molecule has 3 N–H and O–H groups in total. The van der Waals surface area contributed by atoms with Gasteiger partial charge in [0, 0.05) is 32.7 Å². The summed E-state index contributed by atoms with van der Waals surface area (Å²) in [5.74, 6) is -1.90. The normalized spacial score (nSPS) is 13.8. The highest BCUT2D eigenvalue weighted by atomic mass is 35.5. The number of carbonyl (C=O) groups excluding carboxylic acids is 3. The summed E-state index contributed by atoms with van der Waals surface area (Å²) < 4.78 is 33.1. The number of aryl methyl sites for hydroxylation is 1. The summed E-state index contributed by atoms with van der Waals surface area (Å²) in [7, 11) is -4.48. The van der Waals surface area contributed by atoms with Gasteiger partial charge < -0.3 is 10.6 Å². The van der Waals surface area contributed by atoms with Crippen molar-refractivity contribution in [1.29, 1.82) is 0 Å². The van der Waals surface area contributed by atoms with Gasteiger partial charge in [0.15, 0.2) is 0 Å². The molecule has 0 saturated carbocycles. The minimum Gasteiger partial charge on any atom is -0.349 e. The number of rotatable bonds is 6. The van der Waals surface area contributed by atoms with Crippen LogP contribution in [0.1, 0.15) is 15.9 Å². The monoisotopic (exact) mass is 595 g/mol. The zero-order chi connectivity index (χ0) is 28.8. The second kappa shape index (κ2) is 10.4. The number of benzene rings is 4. The molecule has 0 bridgehead atoms. The molecule has 4 aromatic rings. The lowest BCUT2D eigenvalue weighted by atomic mass is 10.1. The molecule has 1 aliphatic heterocycles. The van der Waals surface area contributed by atoms with E-state index in [0.29, 0.717) is 33.0 Å². The Morgan fingerprint density at radius 2 is 1.52 bits per heavy atom. The fraction of sp³-hybridized carbons (Fsp3) is 0.0357. The molecule has 0 aliphatic carbocycles. The van der Waals surface area contributed by atoms with Crippen molar-refractivity contribution < 1.29 is 27.4 Å². The maximum absolute atomic E-state index is 13.2. The van der Waals surface area contributed by atoms with E-state index in [1.165, 1.54) is 36.4 Å². The van der Waals surface area contributed by atoms with Gasteiger partial charge in [0.05, 0.1) is 5.69 Å². The molecule has 202 valence electrons. The summed E-state index contributed by atoms with van der Waals surface area (Å²) >= 11 is 12.2. The third kappa shape index (κ3) is 5.05. The van der Waals surface area contributed by atoms with Gasteiger partial charge in [-0.3, -0.25) is 18.9 Å². The standard InChI is InChI=1S/C28H19Cl2N3O6S/c1-15-8-9-16(26(34)32-21-6-2-5-20-19(21)4-3-7-23(20)40(37,38)39)14-22(15)31-25-24(30)27(35)33(28(25)36)18-12-10-17(29)11-13-18/h2-14,31H,1H3,(H,32,34)(H,37,38,39). The Balaban J connectivity index is 1.42. The van der Waals surface area contributed by atoms with Crippen LogP contribution in [-0.4, -0.2) is 30.7 Å². The molecule has 4 aromatic carbocycles. The molecule has 9 nitrogen and oxygen atoms in total. The van der Waals surface area contributed by atoms with E-state index in [2.05, 4.69) is 10.6 Å². The first-order valence-corrected chi connectivity index (χ1v) is 13.9. The minimum absolute atomic E-state index is 0.144. The maximum Gasteiger partial charge on any atom is 0.295 e. The predicted octanol–water partition coefficient (Wildman–Crippen LogP) is 5.74. The zero-order valence-corrected chi connectivity index (χ0v) is 22.9. The van der Waals surface area contributed by atoms with Crippen molar-refractivity contribution in [2.45, 2.75) is 11.8 Å². The number of halogens is 2. The molecule has 0 unspecified atom stereocenters. The van der Waals surface area contributed by atoms with E-state index < -0.39 is 27.8 Å². The molecule has 0 fully saturated rings. The van der Waals surface area contributed by atoms with Gasteiger partial charge in [-0.05, 0) is 61.0 Å². The molecule has 0 saturated heterocycles. The Labute approximate surface area is 238 Å². The van der Waals surface area contributed by atoms with E-state index in [1.807, 2.05) is 0 Å². The summed E-state index contributed by atoms with van der Waals surface area (Å²) in [4.78, 5) is 39.8. The summed E-state index contributed by atoms with van der Waals surface area (Å²) in [6.45, 7) is 1.75. The highest BCUT2D eigenvalue weighted by Gasteiger charge is 2.39. The van der Waals surface area contributed by atoms with Crippen LogP contribution in [0.15, 0.2) is 94.5 Å². The van der Waals surface area contributed by atoms with Gasteiger partial charge in [0.2, 0.25) is 0 Å². The molecule has 40 heavy (non-hydrogen) atoms. The molecule has 0 atom stereocenters. The molecule has 0 aromatic heterocycles. The van der Waals surface area contributed by atoms with E-state index in [-0.39, 0.29) is 26.6 Å². The predicted molar refractivity (Wildman–Crippen MR) is 153 cm³/mol. The Bertz CT molecular complexity index is 1870. The number of nitrogens with zero attached hydrogens (tertiary/aromatic N) is 1. The van der Waals surface area contributed by atoms with Gasteiger partial charge in [-0.1, -0.05) is 53.5 Å². The Morgan fingerprint density at radius 1 is 0.850 bits per heavy atom. The molecule has 3 amide bonds. The molecule has 0 spiro atoms. The second-order valence-corrected chi connectivity index (χ2v) is 11.1. The fourth-order valence-electron chi connectivity index (χ4n) is 4.28. The zero-order valence-electron chi connectivity index (χ0n) is 20.6. The Hall–Kier alpha value is -4.22. The average Bonchev–Trinajstić information content (AvgIpc) is 3.12. The molecule has 1 aliphatic rings. The number of amides is 3. The van der Waals surface area contributed by atoms with Gasteiger partial charge in [-0.25, -0.2) is 4.90 Å². The number of hydrogen-bond acceptors (Lipinski definition) is 6. The number of imide groups is 1. The van der Waals surface area contributed by atoms with Gasteiger partial charge >= 0.3 is 0 Å². The van der Waals surface area contributed by atoms with E-state index in [9.17, 15) is 27.4 Å². The third-order valence-corrected chi connectivity index (χ3v) is 7.79. The van der Waals surface area contributed by atoms with Crippen LogP contribution in [0.2, 0.25) is 5.02 Å². The van der Waals surface area contributed by atoms with Crippen molar-refractivity contribution in [3.63, 3.8) is 0 Å². The summed E-state index contributed by atoms with van der Waals surface area (Å²) in [5, 5.41) is 6.44. The fourth-order valence-corrected chi connectivity index (χ4v) is 5.32. The summed E-state index contributed by atoms with van der Waals surface area (Å²) in [5.41, 5.74) is 1.72. The molecule has 1 heterocycles. The Kier molecular flexibility index (Phi) is 7.11. The van der Waals surface area contributed by atoms with Crippen molar-refractivity contribution in [2.24, 2.45) is 0 Å². The van der Waals surface area contributed by atoms with Crippen molar-refractivity contribution >= 4 is 78.9 Å². The number of hydrogen-bond donors (Lipinski definition) is 3. The SMILES string of the molecule is Cc1ccc(C(=O)Nc2cccc3c(S(=O)(=O)O)cccc23)cc1NC1=C(Cl)C(=O)N(c2ccc(Cl)cc2)C1=O. The van der Waals surface area contributed by atoms with E-state index in [1.54, 1.807) is 49.4 Å². The van der Waals surface area contributed by atoms with Crippen LogP contribution in [-0.2, 0) is 19.7 Å². The van der Waals surface area contributed by atoms with Gasteiger partial charge in [-0.2, -0.15) is 8.42 Å². The lowest BCUT2D eigenvalue weighted by molar-refractivity contribution is -0.120. The number of carbonyl (C=O) groups is 3. The number of fused-ring (bicyclic) bond motifs is 1. The quantitative estimate of drug-likeness (QED) is 0.191. The van der Waals surface area contributed by atoms with Crippen LogP contribution in [0.25, 0.3) is 10.8 Å². The largest absolute Gasteiger partial charge is 0.349 e. The lowest BCUT2D eigenvalue weighted by Crippen LogP contribution is -2.32. The van der Waals surface area contributed by atoms with Crippen molar-refractivity contribution in [3.05, 3.63) is 106 Å². The topological polar surface area (TPSA) is 133 Å². The van der Waals surface area contributed by atoms with Crippen molar-refractivity contribution in [2.75, 3.05) is 15.5 Å².